The summed E-state index contributed by atoms with van der Waals surface area (Å²) in [5.74, 6) is 1.09. The van der Waals surface area contributed by atoms with Crippen LogP contribution < -0.4 is 10.6 Å². The number of anilines is 1. The van der Waals surface area contributed by atoms with Gasteiger partial charge in [-0.1, -0.05) is 44.2 Å². The van der Waals surface area contributed by atoms with E-state index in [1.807, 2.05) is 55.6 Å². The number of nitrogens with one attached hydrogen (secondary N) is 2. The number of carbonyl (C=O) groups is 1. The minimum atomic E-state index is -0.272. The van der Waals surface area contributed by atoms with E-state index in [1.165, 1.54) is 0 Å². The van der Waals surface area contributed by atoms with Crippen LogP contribution in [0.25, 0.3) is 10.8 Å². The van der Waals surface area contributed by atoms with Crippen molar-refractivity contribution in [3.8, 4) is 0 Å². The number of fused-ring (bicyclic) bond motifs is 1. The van der Waals surface area contributed by atoms with Crippen molar-refractivity contribution in [2.45, 2.75) is 20.3 Å². The lowest BCUT2D eigenvalue weighted by Gasteiger charge is -2.25. The van der Waals surface area contributed by atoms with Crippen LogP contribution in [0, 0.1) is 5.92 Å². The van der Waals surface area contributed by atoms with Crippen LogP contribution in [0.1, 0.15) is 20.3 Å². The van der Waals surface area contributed by atoms with Crippen LogP contribution in [0.3, 0.4) is 0 Å². The van der Waals surface area contributed by atoms with Gasteiger partial charge in [-0.3, -0.25) is 10.3 Å². The van der Waals surface area contributed by atoms with E-state index in [9.17, 15) is 4.79 Å². The number of hydrogen-bond donors (Lipinski definition) is 2. The molecule has 1 aliphatic heterocycles. The maximum absolute atomic E-state index is 12.2. The minimum Gasteiger partial charge on any atom is -0.308 e. The Labute approximate surface area is 142 Å². The van der Waals surface area contributed by atoms with E-state index in [1.54, 1.807) is 5.01 Å². The summed E-state index contributed by atoms with van der Waals surface area (Å²) in [6.07, 6.45) is 2.75. The lowest BCUT2D eigenvalue weighted by Crippen LogP contribution is -2.36. The molecular formula is C19H22N4O. The normalized spacial score (nSPS) is 14.4. The predicted octanol–water partition coefficient (Wildman–Crippen LogP) is 4.15. The third-order valence-electron chi connectivity index (χ3n) is 4.05. The monoisotopic (exact) mass is 322 g/mol. The van der Waals surface area contributed by atoms with Gasteiger partial charge in [0.25, 0.3) is 0 Å². The molecule has 2 N–H and O–H groups in total. The quantitative estimate of drug-likeness (QED) is 0.892. The topological polar surface area (TPSA) is 56.7 Å². The van der Waals surface area contributed by atoms with Crippen molar-refractivity contribution in [2.24, 2.45) is 11.0 Å². The van der Waals surface area contributed by atoms with E-state index in [0.717, 1.165) is 28.6 Å². The molecule has 0 fully saturated rings. The molecule has 2 aromatic carbocycles. The van der Waals surface area contributed by atoms with Gasteiger partial charge in [0.15, 0.2) is 0 Å². The van der Waals surface area contributed by atoms with E-state index in [0.29, 0.717) is 11.7 Å². The number of allylic oxidation sites excluding steroid dienone is 1. The summed E-state index contributed by atoms with van der Waals surface area (Å²) in [6.45, 7) is 4.23. The Morgan fingerprint density at radius 1 is 1.12 bits per heavy atom. The van der Waals surface area contributed by atoms with Gasteiger partial charge in [0.1, 0.15) is 5.82 Å². The average molecular weight is 322 g/mol. The molecule has 0 bridgehead atoms. The highest BCUT2D eigenvalue weighted by atomic mass is 16.2. The predicted molar refractivity (Wildman–Crippen MR) is 98.8 cm³/mol. The Morgan fingerprint density at radius 2 is 1.88 bits per heavy atom. The first-order valence-corrected chi connectivity index (χ1v) is 8.11. The number of nitrogens with zero attached hydrogens (tertiary/aromatic N) is 2. The van der Waals surface area contributed by atoms with Crippen molar-refractivity contribution in [2.75, 3.05) is 12.4 Å². The van der Waals surface area contributed by atoms with Crippen molar-refractivity contribution in [1.29, 1.82) is 0 Å². The van der Waals surface area contributed by atoms with Crippen LogP contribution in [0.2, 0.25) is 0 Å². The molecule has 2 aromatic rings. The molecule has 3 rings (SSSR count). The maximum atomic E-state index is 12.2. The second kappa shape index (κ2) is 6.74. The second-order valence-electron chi connectivity index (χ2n) is 6.20. The molecule has 1 heterocycles. The summed E-state index contributed by atoms with van der Waals surface area (Å²) >= 11 is 0. The van der Waals surface area contributed by atoms with Gasteiger partial charge in [0, 0.05) is 24.9 Å². The summed E-state index contributed by atoms with van der Waals surface area (Å²) in [7, 11) is 1.84. The molecule has 24 heavy (non-hydrogen) atoms. The zero-order valence-corrected chi connectivity index (χ0v) is 14.2. The van der Waals surface area contributed by atoms with Crippen LogP contribution in [0.15, 0.2) is 59.5 Å². The Hall–Kier alpha value is -2.82. The van der Waals surface area contributed by atoms with Gasteiger partial charge in [0.2, 0.25) is 0 Å². The lowest BCUT2D eigenvalue weighted by atomic mass is 10.0. The number of hydrogen-bond acceptors (Lipinski definition) is 3. The second-order valence-corrected chi connectivity index (χ2v) is 6.20. The van der Waals surface area contributed by atoms with Crippen LogP contribution >= 0.6 is 0 Å². The molecule has 0 unspecified atom stereocenters. The van der Waals surface area contributed by atoms with E-state index in [-0.39, 0.29) is 6.03 Å². The van der Waals surface area contributed by atoms with Gasteiger partial charge in [-0.2, -0.15) is 5.10 Å². The number of amides is 2. The van der Waals surface area contributed by atoms with Crippen LogP contribution in [-0.2, 0) is 0 Å². The fourth-order valence-corrected chi connectivity index (χ4v) is 2.65. The van der Waals surface area contributed by atoms with Crippen molar-refractivity contribution < 1.29 is 4.79 Å². The Bertz CT molecular complexity index is 823. The maximum Gasteiger partial charge on any atom is 0.324 e. The molecule has 1 aliphatic rings. The lowest BCUT2D eigenvalue weighted by molar-refractivity contribution is 0.250. The zero-order valence-electron chi connectivity index (χ0n) is 14.2. The summed E-state index contributed by atoms with van der Waals surface area (Å²) in [4.78, 5) is 12.2. The van der Waals surface area contributed by atoms with Gasteiger partial charge in [-0.05, 0) is 34.9 Å². The average Bonchev–Trinajstić information content (AvgIpc) is 2.56. The molecule has 0 aliphatic carbocycles. The SMILES string of the molecule is CC(C)C1=NN(C)C(NC(=O)Nc2ccc3ccccc3c2)=CC1. The fraction of sp³-hybridized carbons (Fsp3) is 0.263. The molecule has 0 atom stereocenters. The van der Waals surface area contributed by atoms with E-state index < -0.39 is 0 Å². The highest BCUT2D eigenvalue weighted by Crippen LogP contribution is 2.19. The van der Waals surface area contributed by atoms with Crippen molar-refractivity contribution >= 4 is 28.2 Å². The molecule has 5 nitrogen and oxygen atoms in total. The Kier molecular flexibility index (Phi) is 4.51. The number of carbonyl (C=O) groups excluding carboxylic acids is 1. The van der Waals surface area contributed by atoms with E-state index >= 15 is 0 Å². The van der Waals surface area contributed by atoms with Crippen molar-refractivity contribution in [3.63, 3.8) is 0 Å². The Morgan fingerprint density at radius 3 is 2.58 bits per heavy atom. The molecular weight excluding hydrogens is 300 g/mol. The first kappa shape index (κ1) is 16.1. The number of rotatable bonds is 3. The largest absolute Gasteiger partial charge is 0.324 e. The zero-order chi connectivity index (χ0) is 17.1. The summed E-state index contributed by atoms with van der Waals surface area (Å²) in [5.41, 5.74) is 1.87. The highest BCUT2D eigenvalue weighted by molar-refractivity contribution is 5.94. The molecule has 0 saturated carbocycles. The van der Waals surface area contributed by atoms with Crippen LogP contribution in [0.4, 0.5) is 10.5 Å². The Balaban J connectivity index is 1.65. The smallest absolute Gasteiger partial charge is 0.308 e. The molecule has 5 heteroatoms. The molecule has 0 saturated heterocycles. The van der Waals surface area contributed by atoms with Crippen molar-refractivity contribution in [3.05, 3.63) is 54.4 Å². The van der Waals surface area contributed by atoms with Gasteiger partial charge in [0.05, 0.1) is 0 Å². The van der Waals surface area contributed by atoms with Gasteiger partial charge < -0.3 is 5.32 Å². The van der Waals surface area contributed by atoms with Gasteiger partial charge in [-0.15, -0.1) is 0 Å². The van der Waals surface area contributed by atoms with Gasteiger partial charge in [-0.25, -0.2) is 4.79 Å². The van der Waals surface area contributed by atoms with Crippen molar-refractivity contribution in [1.82, 2.24) is 10.3 Å². The number of benzene rings is 2. The standard InChI is InChI=1S/C19H22N4O/c1-13(2)17-10-11-18(23(3)22-17)21-19(24)20-16-9-8-14-6-4-5-7-15(14)12-16/h4-9,11-13H,10H2,1-3H3,(H2,20,21,24). The molecule has 2 amide bonds. The number of hydrazone groups is 1. The van der Waals surface area contributed by atoms with E-state index in [4.69, 9.17) is 0 Å². The summed E-state index contributed by atoms with van der Waals surface area (Å²) in [6, 6.07) is 13.6. The van der Waals surface area contributed by atoms with Crippen LogP contribution in [-0.4, -0.2) is 23.8 Å². The van der Waals surface area contributed by atoms with E-state index in [2.05, 4.69) is 29.6 Å². The summed E-state index contributed by atoms with van der Waals surface area (Å²) in [5, 5.41) is 14.2. The molecule has 124 valence electrons. The number of urea groups is 1. The first-order valence-electron chi connectivity index (χ1n) is 8.11. The molecule has 0 radical (unpaired) electrons. The summed E-state index contributed by atoms with van der Waals surface area (Å²) < 4.78 is 0. The molecule has 0 spiro atoms. The highest BCUT2D eigenvalue weighted by Gasteiger charge is 2.16. The van der Waals surface area contributed by atoms with Gasteiger partial charge >= 0.3 is 6.03 Å². The minimum absolute atomic E-state index is 0.272. The third-order valence-corrected chi connectivity index (χ3v) is 4.05. The molecule has 0 aromatic heterocycles. The fourth-order valence-electron chi connectivity index (χ4n) is 2.65. The first-order chi connectivity index (χ1) is 11.5. The third kappa shape index (κ3) is 3.56. The van der Waals surface area contributed by atoms with Crippen LogP contribution in [0.5, 0.6) is 0 Å².